The fraction of sp³-hybridized carbons (Fsp3) is 0.0200. The van der Waals surface area contributed by atoms with Gasteiger partial charge in [0.1, 0.15) is 11.5 Å². The molecule has 0 unspecified atom stereocenters. The van der Waals surface area contributed by atoms with E-state index in [1.165, 1.54) is 55.3 Å². The van der Waals surface area contributed by atoms with E-state index in [0.29, 0.717) is 0 Å². The van der Waals surface area contributed by atoms with Crippen LogP contribution in [-0.4, -0.2) is 5.84 Å². The predicted molar refractivity (Wildman–Crippen MR) is 218 cm³/mol. The van der Waals surface area contributed by atoms with Crippen molar-refractivity contribution >= 4 is 28.0 Å². The summed E-state index contributed by atoms with van der Waals surface area (Å²) in [6, 6.07) is 63.0. The van der Waals surface area contributed by atoms with Crippen LogP contribution >= 0.6 is 0 Å². The number of nitrogens with one attached hydrogen (secondary N) is 2. The summed E-state index contributed by atoms with van der Waals surface area (Å²) in [5.41, 5.74) is 24.0. The number of hydrogen-bond donors (Lipinski definition) is 2. The Labute approximate surface area is 312 Å². The highest BCUT2D eigenvalue weighted by atomic mass is 16.5. The molecule has 252 valence electrons. The smallest absolute Gasteiger partial charge is 0.152 e. The van der Waals surface area contributed by atoms with E-state index in [-0.39, 0.29) is 0 Å². The molecule has 4 aliphatic rings. The normalized spacial score (nSPS) is 14.9. The zero-order valence-electron chi connectivity index (χ0n) is 29.1. The molecule has 2 N–H and O–H groups in total. The van der Waals surface area contributed by atoms with Gasteiger partial charge in [-0.25, -0.2) is 4.99 Å². The Kier molecular flexibility index (Phi) is 5.95. The lowest BCUT2D eigenvalue weighted by Gasteiger charge is -2.39. The number of aliphatic imine (C=N–C) groups is 1. The summed E-state index contributed by atoms with van der Waals surface area (Å²) in [4.78, 5) is 5.41. The van der Waals surface area contributed by atoms with Crippen molar-refractivity contribution in [2.45, 2.75) is 5.41 Å². The number of para-hydroxylation sites is 1. The third-order valence-corrected chi connectivity index (χ3v) is 11.8. The van der Waals surface area contributed by atoms with Gasteiger partial charge in [0, 0.05) is 27.8 Å². The third-order valence-electron chi connectivity index (χ3n) is 11.8. The van der Waals surface area contributed by atoms with Crippen molar-refractivity contribution in [1.29, 1.82) is 0 Å². The standard InChI is InChI=1S/C50H31N3O/c1-2-13-30(14-3-1)47-48(39-27-26-38-33-16-5-4-15-32(33)36-19-12-20-37(39)46(36)38)52-53-49(51-47)31-25-28-43-45(29-31)54-44-24-11-10-23-42(44)50(43)40-21-8-6-17-34(40)35-18-7-9-22-41(35)50/h1-29,52H,(H,51,53). The van der Waals surface area contributed by atoms with Gasteiger partial charge < -0.3 is 4.74 Å². The summed E-state index contributed by atoms with van der Waals surface area (Å²) in [6.07, 6.45) is 0. The Balaban J connectivity index is 1.04. The molecule has 0 radical (unpaired) electrons. The number of fused-ring (bicyclic) bond motifs is 12. The van der Waals surface area contributed by atoms with Gasteiger partial charge in [0.15, 0.2) is 5.84 Å². The highest BCUT2D eigenvalue weighted by Crippen LogP contribution is 2.62. The summed E-state index contributed by atoms with van der Waals surface area (Å²) in [7, 11) is 0. The molecule has 0 bridgehead atoms. The average Bonchev–Trinajstić information content (AvgIpc) is 3.73. The maximum Gasteiger partial charge on any atom is 0.152 e. The Morgan fingerprint density at radius 2 is 1.00 bits per heavy atom. The van der Waals surface area contributed by atoms with E-state index < -0.39 is 5.41 Å². The van der Waals surface area contributed by atoms with E-state index in [9.17, 15) is 0 Å². The monoisotopic (exact) mass is 689 g/mol. The minimum atomic E-state index is -0.506. The largest absolute Gasteiger partial charge is 0.457 e. The Bertz CT molecular complexity index is 2900. The van der Waals surface area contributed by atoms with Crippen LogP contribution in [0.3, 0.4) is 0 Å². The second-order valence-corrected chi connectivity index (χ2v) is 14.4. The fourth-order valence-corrected chi connectivity index (χ4v) is 9.55. The lowest BCUT2D eigenvalue weighted by Crippen LogP contribution is -2.40. The van der Waals surface area contributed by atoms with Gasteiger partial charge in [0.05, 0.1) is 16.8 Å². The van der Waals surface area contributed by atoms with Gasteiger partial charge in [-0.05, 0) is 67.4 Å². The molecular formula is C50H31N3O. The molecule has 0 saturated carbocycles. The Morgan fingerprint density at radius 3 is 1.76 bits per heavy atom. The maximum absolute atomic E-state index is 6.82. The number of nitrogens with zero attached hydrogens (tertiary/aromatic N) is 1. The number of hydrazine groups is 1. The van der Waals surface area contributed by atoms with Crippen LogP contribution in [0.2, 0.25) is 0 Å². The van der Waals surface area contributed by atoms with E-state index in [4.69, 9.17) is 9.73 Å². The molecule has 4 nitrogen and oxygen atoms in total. The van der Waals surface area contributed by atoms with Gasteiger partial charge in [-0.1, -0.05) is 164 Å². The molecule has 2 aliphatic carbocycles. The quantitative estimate of drug-likeness (QED) is 0.194. The van der Waals surface area contributed by atoms with Gasteiger partial charge in [-0.15, -0.1) is 0 Å². The molecular weight excluding hydrogens is 659 g/mol. The van der Waals surface area contributed by atoms with Crippen molar-refractivity contribution in [1.82, 2.24) is 10.9 Å². The molecule has 0 fully saturated rings. The lowest BCUT2D eigenvalue weighted by molar-refractivity contribution is 0.436. The molecule has 0 atom stereocenters. The van der Waals surface area contributed by atoms with Crippen LogP contribution in [-0.2, 0) is 5.41 Å². The van der Waals surface area contributed by atoms with Crippen LogP contribution in [0.15, 0.2) is 181 Å². The molecule has 0 amide bonds. The molecule has 8 aromatic carbocycles. The van der Waals surface area contributed by atoms with Gasteiger partial charge in [-0.2, -0.15) is 0 Å². The van der Waals surface area contributed by atoms with Crippen molar-refractivity contribution < 1.29 is 4.74 Å². The second-order valence-electron chi connectivity index (χ2n) is 14.4. The highest BCUT2D eigenvalue weighted by Gasteiger charge is 2.51. The first kappa shape index (κ1) is 29.4. The molecule has 4 heteroatoms. The molecule has 54 heavy (non-hydrogen) atoms. The summed E-state index contributed by atoms with van der Waals surface area (Å²) >= 11 is 0. The first-order valence-corrected chi connectivity index (χ1v) is 18.5. The van der Waals surface area contributed by atoms with Gasteiger partial charge in [0.2, 0.25) is 0 Å². The predicted octanol–water partition coefficient (Wildman–Crippen LogP) is 11.3. The average molecular weight is 690 g/mol. The summed E-state index contributed by atoms with van der Waals surface area (Å²) < 4.78 is 6.82. The van der Waals surface area contributed by atoms with E-state index in [1.54, 1.807) is 0 Å². The molecule has 2 aliphatic heterocycles. The topological polar surface area (TPSA) is 45.6 Å². The van der Waals surface area contributed by atoms with Crippen LogP contribution in [0.1, 0.15) is 38.9 Å². The molecule has 1 spiro atoms. The Hall–Kier alpha value is -7.17. The maximum atomic E-state index is 6.82. The van der Waals surface area contributed by atoms with Crippen LogP contribution in [0.5, 0.6) is 11.5 Å². The van der Waals surface area contributed by atoms with Gasteiger partial charge >= 0.3 is 0 Å². The van der Waals surface area contributed by atoms with Crippen LogP contribution in [0.25, 0.3) is 55.5 Å². The number of ether oxygens (including phenoxy) is 1. The van der Waals surface area contributed by atoms with E-state index in [0.717, 1.165) is 56.5 Å². The highest BCUT2D eigenvalue weighted by molar-refractivity contribution is 6.19. The Morgan fingerprint density at radius 1 is 0.407 bits per heavy atom. The summed E-state index contributed by atoms with van der Waals surface area (Å²) in [6.45, 7) is 0. The second kappa shape index (κ2) is 10.9. The van der Waals surface area contributed by atoms with Crippen LogP contribution < -0.4 is 15.6 Å². The van der Waals surface area contributed by atoms with Gasteiger partial charge in [0.25, 0.3) is 0 Å². The number of amidine groups is 1. The number of benzene rings is 8. The van der Waals surface area contributed by atoms with Crippen molar-refractivity contribution in [3.63, 3.8) is 0 Å². The fourth-order valence-electron chi connectivity index (χ4n) is 9.55. The van der Waals surface area contributed by atoms with Gasteiger partial charge in [-0.3, -0.25) is 10.9 Å². The molecule has 2 heterocycles. The van der Waals surface area contributed by atoms with E-state index >= 15 is 0 Å². The first-order chi connectivity index (χ1) is 26.8. The lowest BCUT2D eigenvalue weighted by atomic mass is 9.66. The molecule has 12 rings (SSSR count). The van der Waals surface area contributed by atoms with Crippen molar-refractivity contribution in [2.75, 3.05) is 0 Å². The molecule has 0 saturated heterocycles. The summed E-state index contributed by atoms with van der Waals surface area (Å²) in [5.74, 6) is 2.42. The summed E-state index contributed by atoms with van der Waals surface area (Å²) in [5, 5.41) is 2.48. The van der Waals surface area contributed by atoms with E-state index in [2.05, 4.69) is 181 Å². The van der Waals surface area contributed by atoms with Crippen molar-refractivity contribution in [3.8, 4) is 44.9 Å². The number of hydrogen-bond acceptors (Lipinski definition) is 4. The first-order valence-electron chi connectivity index (χ1n) is 18.5. The van der Waals surface area contributed by atoms with E-state index in [1.807, 2.05) is 6.07 Å². The van der Waals surface area contributed by atoms with Crippen LogP contribution in [0.4, 0.5) is 0 Å². The third kappa shape index (κ3) is 3.84. The zero-order chi connectivity index (χ0) is 35.4. The van der Waals surface area contributed by atoms with Crippen LogP contribution in [0, 0.1) is 0 Å². The minimum absolute atomic E-state index is 0.506. The van der Waals surface area contributed by atoms with Crippen molar-refractivity contribution in [3.05, 3.63) is 215 Å². The SMILES string of the molecule is c1ccc(C2=C(c3ccc4c5c(cccc35)-c3ccccc3-4)NNC(c3ccc4c(c3)Oc3ccccc3C43c4ccccc4-c4ccccc43)=N2)cc1. The number of rotatable bonds is 3. The van der Waals surface area contributed by atoms with Crippen molar-refractivity contribution in [2.24, 2.45) is 4.99 Å². The zero-order valence-corrected chi connectivity index (χ0v) is 29.1. The molecule has 8 aromatic rings. The molecule has 0 aromatic heterocycles. The minimum Gasteiger partial charge on any atom is -0.457 e.